The number of rotatable bonds is 4. The van der Waals surface area contributed by atoms with E-state index in [1.165, 1.54) is 0 Å². The van der Waals surface area contributed by atoms with Gasteiger partial charge < -0.3 is 20.9 Å². The fourth-order valence-corrected chi connectivity index (χ4v) is 3.58. The molecular weight excluding hydrogens is 350 g/mol. The Balaban J connectivity index is 1.57. The molecule has 1 aliphatic rings. The third kappa shape index (κ3) is 3.99. The highest BCUT2D eigenvalue weighted by Gasteiger charge is 2.16. The van der Waals surface area contributed by atoms with Crippen molar-refractivity contribution in [3.63, 3.8) is 0 Å². The standard InChI is InChI=1S/C21H27N7/c1-14-4-5-16-10-17(22)11-19(21(16)24-14)23-13-18-12-20(26-15(2)25-18)28-8-6-27(3)7-9-28/h4-5,10-12,23H,6-9,13,22H2,1-3H3. The fourth-order valence-electron chi connectivity index (χ4n) is 3.58. The van der Waals surface area contributed by atoms with Gasteiger partial charge in [0, 0.05) is 49.0 Å². The largest absolute Gasteiger partial charge is 0.399 e. The Morgan fingerprint density at radius 2 is 1.79 bits per heavy atom. The lowest BCUT2D eigenvalue weighted by atomic mass is 10.1. The number of nitrogen functional groups attached to an aromatic ring is 1. The van der Waals surface area contributed by atoms with Gasteiger partial charge in [-0.15, -0.1) is 0 Å². The summed E-state index contributed by atoms with van der Waals surface area (Å²) in [4.78, 5) is 18.6. The maximum absolute atomic E-state index is 6.08. The smallest absolute Gasteiger partial charge is 0.132 e. The van der Waals surface area contributed by atoms with Gasteiger partial charge in [-0.1, -0.05) is 6.07 Å². The molecule has 2 aromatic heterocycles. The molecule has 0 saturated carbocycles. The van der Waals surface area contributed by atoms with Crippen molar-refractivity contribution in [2.75, 3.05) is 49.2 Å². The van der Waals surface area contributed by atoms with Gasteiger partial charge in [0.2, 0.25) is 0 Å². The third-order valence-electron chi connectivity index (χ3n) is 5.12. The fraction of sp³-hybridized carbons (Fsp3) is 0.381. The minimum atomic E-state index is 0.596. The molecule has 0 amide bonds. The molecule has 3 aromatic rings. The molecule has 146 valence electrons. The van der Waals surface area contributed by atoms with Gasteiger partial charge in [0.1, 0.15) is 11.6 Å². The zero-order chi connectivity index (χ0) is 19.7. The predicted molar refractivity (Wildman–Crippen MR) is 115 cm³/mol. The van der Waals surface area contributed by atoms with Gasteiger partial charge in [-0.05, 0) is 39.1 Å². The highest BCUT2D eigenvalue weighted by molar-refractivity contribution is 5.93. The molecule has 1 aromatic carbocycles. The van der Waals surface area contributed by atoms with Crippen LogP contribution in [0.4, 0.5) is 17.2 Å². The summed E-state index contributed by atoms with van der Waals surface area (Å²) < 4.78 is 0. The number of aromatic nitrogens is 3. The van der Waals surface area contributed by atoms with Crippen molar-refractivity contribution in [2.24, 2.45) is 0 Å². The van der Waals surface area contributed by atoms with Crippen molar-refractivity contribution < 1.29 is 0 Å². The van der Waals surface area contributed by atoms with Gasteiger partial charge in [-0.2, -0.15) is 0 Å². The number of hydrogen-bond donors (Lipinski definition) is 2. The second-order valence-electron chi connectivity index (χ2n) is 7.50. The van der Waals surface area contributed by atoms with E-state index < -0.39 is 0 Å². The van der Waals surface area contributed by atoms with Gasteiger partial charge in [-0.3, -0.25) is 4.98 Å². The van der Waals surface area contributed by atoms with Crippen molar-refractivity contribution in [2.45, 2.75) is 20.4 Å². The average molecular weight is 377 g/mol. The molecule has 1 fully saturated rings. The summed E-state index contributed by atoms with van der Waals surface area (Å²) in [7, 11) is 2.16. The van der Waals surface area contributed by atoms with Gasteiger partial charge >= 0.3 is 0 Å². The molecule has 1 saturated heterocycles. The second kappa shape index (κ2) is 7.59. The number of nitrogens with zero attached hydrogens (tertiary/aromatic N) is 5. The van der Waals surface area contributed by atoms with Crippen LogP contribution in [-0.4, -0.2) is 53.1 Å². The number of anilines is 3. The normalized spacial score (nSPS) is 15.2. The van der Waals surface area contributed by atoms with Crippen molar-refractivity contribution >= 4 is 28.1 Å². The quantitative estimate of drug-likeness (QED) is 0.676. The van der Waals surface area contributed by atoms with E-state index in [2.05, 4.69) is 49.2 Å². The molecule has 1 aliphatic heterocycles. The highest BCUT2D eigenvalue weighted by atomic mass is 15.3. The Hall–Kier alpha value is -2.93. The molecule has 0 radical (unpaired) electrons. The Morgan fingerprint density at radius 3 is 2.57 bits per heavy atom. The van der Waals surface area contributed by atoms with Crippen LogP contribution in [0.3, 0.4) is 0 Å². The lowest BCUT2D eigenvalue weighted by molar-refractivity contribution is 0.312. The maximum Gasteiger partial charge on any atom is 0.132 e. The van der Waals surface area contributed by atoms with Gasteiger partial charge in [0.25, 0.3) is 0 Å². The van der Waals surface area contributed by atoms with Crippen molar-refractivity contribution in [1.29, 1.82) is 0 Å². The van der Waals surface area contributed by atoms with Crippen LogP contribution in [0.5, 0.6) is 0 Å². The molecule has 3 heterocycles. The van der Waals surface area contributed by atoms with Crippen LogP contribution in [0.15, 0.2) is 30.3 Å². The number of nitrogens with two attached hydrogens (primary N) is 1. The van der Waals surface area contributed by atoms with Crippen LogP contribution < -0.4 is 16.0 Å². The van der Waals surface area contributed by atoms with Gasteiger partial charge in [0.15, 0.2) is 0 Å². The summed E-state index contributed by atoms with van der Waals surface area (Å²) in [6, 6.07) is 10.0. The first-order valence-electron chi connectivity index (χ1n) is 9.67. The van der Waals surface area contributed by atoms with E-state index in [0.717, 1.165) is 71.5 Å². The Labute approximate surface area is 165 Å². The van der Waals surface area contributed by atoms with Crippen LogP contribution in [0.25, 0.3) is 10.9 Å². The van der Waals surface area contributed by atoms with Crippen LogP contribution >= 0.6 is 0 Å². The molecule has 0 bridgehead atoms. The number of benzene rings is 1. The van der Waals surface area contributed by atoms with E-state index in [9.17, 15) is 0 Å². The molecule has 7 nitrogen and oxygen atoms in total. The first-order valence-corrected chi connectivity index (χ1v) is 9.67. The van der Waals surface area contributed by atoms with E-state index in [-0.39, 0.29) is 0 Å². The number of fused-ring (bicyclic) bond motifs is 1. The minimum absolute atomic E-state index is 0.596. The molecule has 28 heavy (non-hydrogen) atoms. The summed E-state index contributed by atoms with van der Waals surface area (Å²) >= 11 is 0. The van der Waals surface area contributed by atoms with Crippen LogP contribution in [-0.2, 0) is 6.54 Å². The topological polar surface area (TPSA) is 83.2 Å². The maximum atomic E-state index is 6.08. The zero-order valence-corrected chi connectivity index (χ0v) is 16.7. The van der Waals surface area contributed by atoms with E-state index in [4.69, 9.17) is 5.73 Å². The molecule has 0 aliphatic carbocycles. The van der Waals surface area contributed by atoms with Crippen molar-refractivity contribution in [3.8, 4) is 0 Å². The van der Waals surface area contributed by atoms with Crippen LogP contribution in [0.2, 0.25) is 0 Å². The van der Waals surface area contributed by atoms with E-state index in [1.54, 1.807) is 0 Å². The summed E-state index contributed by atoms with van der Waals surface area (Å²) in [5, 5.41) is 4.51. The Morgan fingerprint density at radius 1 is 1.00 bits per heavy atom. The molecular formula is C21H27N7. The van der Waals surface area contributed by atoms with Crippen molar-refractivity contribution in [3.05, 3.63) is 47.5 Å². The summed E-state index contributed by atoms with van der Waals surface area (Å²) in [6.45, 7) is 8.62. The number of hydrogen-bond acceptors (Lipinski definition) is 7. The SMILES string of the molecule is Cc1ccc2cc(N)cc(NCc3cc(N4CCN(C)CC4)nc(C)n3)c2n1. The minimum Gasteiger partial charge on any atom is -0.399 e. The number of likely N-dealkylation sites (N-methyl/N-ethyl adjacent to an activating group) is 1. The second-order valence-corrected chi connectivity index (χ2v) is 7.50. The van der Waals surface area contributed by atoms with E-state index in [1.807, 2.05) is 32.0 Å². The van der Waals surface area contributed by atoms with Crippen LogP contribution in [0, 0.1) is 13.8 Å². The first-order chi connectivity index (χ1) is 13.5. The van der Waals surface area contributed by atoms with E-state index in [0.29, 0.717) is 6.54 Å². The first kappa shape index (κ1) is 18.4. The lowest BCUT2D eigenvalue weighted by Gasteiger charge is -2.33. The summed E-state index contributed by atoms with van der Waals surface area (Å²) in [5.74, 6) is 1.79. The summed E-state index contributed by atoms with van der Waals surface area (Å²) in [5.41, 5.74) is 10.6. The lowest BCUT2D eigenvalue weighted by Crippen LogP contribution is -2.45. The zero-order valence-electron chi connectivity index (χ0n) is 16.7. The van der Waals surface area contributed by atoms with Gasteiger partial charge in [-0.25, -0.2) is 9.97 Å². The molecule has 4 rings (SSSR count). The molecule has 3 N–H and O–H groups in total. The molecule has 0 atom stereocenters. The summed E-state index contributed by atoms with van der Waals surface area (Å²) in [6.07, 6.45) is 0. The number of pyridine rings is 1. The monoisotopic (exact) mass is 377 g/mol. The third-order valence-corrected chi connectivity index (χ3v) is 5.12. The number of piperazine rings is 1. The highest BCUT2D eigenvalue weighted by Crippen LogP contribution is 2.26. The molecule has 0 unspecified atom stereocenters. The number of nitrogens with one attached hydrogen (secondary N) is 1. The molecule has 0 spiro atoms. The predicted octanol–water partition coefficient (Wildman–Crippen LogP) is 2.59. The Bertz CT molecular complexity index is 993. The van der Waals surface area contributed by atoms with E-state index >= 15 is 0 Å². The number of aryl methyl sites for hydroxylation is 2. The van der Waals surface area contributed by atoms with Gasteiger partial charge in [0.05, 0.1) is 23.4 Å². The average Bonchev–Trinajstić information content (AvgIpc) is 2.66. The van der Waals surface area contributed by atoms with Crippen LogP contribution in [0.1, 0.15) is 17.2 Å². The van der Waals surface area contributed by atoms with Crippen molar-refractivity contribution in [1.82, 2.24) is 19.9 Å². The molecule has 7 heteroatoms. The Kier molecular flexibility index (Phi) is 5.00.